The topological polar surface area (TPSA) is 58.4 Å². The first-order chi connectivity index (χ1) is 11.7. The van der Waals surface area contributed by atoms with Gasteiger partial charge in [-0.15, -0.1) is 0 Å². The molecule has 3 aromatic rings. The van der Waals surface area contributed by atoms with E-state index in [4.69, 9.17) is 0 Å². The average molecular weight is 338 g/mol. The summed E-state index contributed by atoms with van der Waals surface area (Å²) in [7, 11) is 2.00. The molecule has 0 saturated carbocycles. The molecule has 3 rings (SSSR count). The lowest BCUT2D eigenvalue weighted by molar-refractivity contribution is 0.262. The molecule has 0 saturated heterocycles. The molecule has 1 aromatic heterocycles. The van der Waals surface area contributed by atoms with Gasteiger partial charge >= 0.3 is 6.03 Å². The highest BCUT2D eigenvalue weighted by molar-refractivity contribution is 7.97. The van der Waals surface area contributed by atoms with Crippen molar-refractivity contribution in [3.8, 4) is 0 Å². The van der Waals surface area contributed by atoms with Crippen molar-refractivity contribution < 1.29 is 4.79 Å². The number of aromatic nitrogens is 1. The lowest BCUT2D eigenvalue weighted by Gasteiger charge is -2.08. The molecule has 0 unspecified atom stereocenters. The molecular weight excluding hydrogens is 320 g/mol. The van der Waals surface area contributed by atoms with Gasteiger partial charge in [0, 0.05) is 48.0 Å². The number of hydrogen-bond donors (Lipinski definition) is 2. The molecule has 2 N–H and O–H groups in total. The Morgan fingerprint density at radius 3 is 2.54 bits per heavy atom. The van der Waals surface area contributed by atoms with E-state index in [0.717, 1.165) is 27.8 Å². The van der Waals surface area contributed by atoms with Crippen molar-refractivity contribution in [1.82, 2.24) is 4.57 Å². The van der Waals surface area contributed by atoms with Gasteiger partial charge in [0.15, 0.2) is 0 Å². The number of carbonyl (C=O) groups excluding carboxylic acids is 1. The van der Waals surface area contributed by atoms with Crippen LogP contribution in [-0.2, 0) is 7.05 Å². The summed E-state index contributed by atoms with van der Waals surface area (Å²) in [6, 6.07) is 15.1. The van der Waals surface area contributed by atoms with E-state index in [1.54, 1.807) is 6.21 Å². The first kappa shape index (κ1) is 16.1. The van der Waals surface area contributed by atoms with E-state index in [1.165, 1.54) is 11.9 Å². The van der Waals surface area contributed by atoms with Crippen LogP contribution in [-0.4, -0.2) is 23.1 Å². The zero-order valence-electron chi connectivity index (χ0n) is 13.5. The van der Waals surface area contributed by atoms with E-state index in [1.807, 2.05) is 72.6 Å². The number of urea groups is 1. The maximum Gasteiger partial charge on any atom is 0.323 e. The average Bonchev–Trinajstić information content (AvgIpc) is 2.95. The van der Waals surface area contributed by atoms with E-state index in [2.05, 4.69) is 15.0 Å². The van der Waals surface area contributed by atoms with Crippen molar-refractivity contribution in [3.05, 3.63) is 60.3 Å². The molecule has 0 radical (unpaired) electrons. The lowest BCUT2D eigenvalue weighted by atomic mass is 10.2. The molecule has 0 aliphatic heterocycles. The number of nitrogens with zero attached hydrogens (tertiary/aromatic N) is 2. The van der Waals surface area contributed by atoms with Gasteiger partial charge in [-0.1, -0.05) is 12.1 Å². The Morgan fingerprint density at radius 2 is 1.79 bits per heavy atom. The molecule has 0 spiro atoms. The van der Waals surface area contributed by atoms with Gasteiger partial charge in [0.05, 0.1) is 0 Å². The summed E-state index contributed by atoms with van der Waals surface area (Å²) in [6.45, 7) is 0. The van der Waals surface area contributed by atoms with Crippen LogP contribution >= 0.6 is 11.9 Å². The van der Waals surface area contributed by atoms with E-state index >= 15 is 0 Å². The van der Waals surface area contributed by atoms with Gasteiger partial charge in [0.2, 0.25) is 0 Å². The number of nitrogens with one attached hydrogen (secondary N) is 2. The molecule has 24 heavy (non-hydrogen) atoms. The van der Waals surface area contributed by atoms with Crippen molar-refractivity contribution in [1.29, 1.82) is 0 Å². The van der Waals surface area contributed by atoms with Crippen molar-refractivity contribution in [2.75, 3.05) is 16.9 Å². The summed E-state index contributed by atoms with van der Waals surface area (Å²) in [6.07, 6.45) is 5.68. The molecule has 0 aliphatic carbocycles. The predicted molar refractivity (Wildman–Crippen MR) is 103 cm³/mol. The maximum atomic E-state index is 12.1. The Bertz CT molecular complexity index is 884. The molecule has 0 aliphatic rings. The highest BCUT2D eigenvalue weighted by Crippen LogP contribution is 2.20. The number of anilines is 2. The zero-order valence-corrected chi connectivity index (χ0v) is 14.3. The molecule has 0 fully saturated rings. The number of carbonyl (C=O) groups is 1. The summed E-state index contributed by atoms with van der Waals surface area (Å²) >= 11 is 1.40. The first-order valence-electron chi connectivity index (χ1n) is 7.45. The number of hydrogen-bond acceptors (Lipinski definition) is 3. The molecule has 0 bridgehead atoms. The van der Waals surface area contributed by atoms with Gasteiger partial charge in [-0.25, -0.2) is 9.19 Å². The second-order valence-electron chi connectivity index (χ2n) is 5.32. The minimum Gasteiger partial charge on any atom is -0.351 e. The first-order valence-corrected chi connectivity index (χ1v) is 8.63. The number of amides is 2. The Morgan fingerprint density at radius 1 is 1.08 bits per heavy atom. The Labute approximate surface area is 144 Å². The van der Waals surface area contributed by atoms with Crippen LogP contribution in [0.2, 0.25) is 0 Å². The summed E-state index contributed by atoms with van der Waals surface area (Å²) in [4.78, 5) is 12.1. The standard InChI is InChI=1S/C18H18N4OS/c1-22-10-9-14-11-16(7-8-17(14)22)21-18(23)20-15-5-3-13(4-6-15)12-19-24-2/h3-12H,1-2H3,(H2,20,21,23). The summed E-state index contributed by atoms with van der Waals surface area (Å²) < 4.78 is 6.15. The maximum absolute atomic E-state index is 12.1. The Balaban J connectivity index is 1.64. The Kier molecular flexibility index (Phi) is 4.86. The van der Waals surface area contributed by atoms with Gasteiger partial charge in [-0.3, -0.25) is 0 Å². The predicted octanol–water partition coefficient (Wildman–Crippen LogP) is 4.52. The zero-order chi connectivity index (χ0) is 16.9. The van der Waals surface area contributed by atoms with Crippen LogP contribution in [0.5, 0.6) is 0 Å². The van der Waals surface area contributed by atoms with Gasteiger partial charge in [0.1, 0.15) is 0 Å². The van der Waals surface area contributed by atoms with Crippen LogP contribution in [0.15, 0.2) is 59.1 Å². The third-order valence-electron chi connectivity index (χ3n) is 3.62. The summed E-state index contributed by atoms with van der Waals surface area (Å²) in [5.74, 6) is 0. The van der Waals surface area contributed by atoms with Crippen LogP contribution in [0.4, 0.5) is 16.2 Å². The Hall–Kier alpha value is -2.73. The minimum atomic E-state index is -0.268. The SMILES string of the molecule is CSN=Cc1ccc(NC(=O)Nc2ccc3c(ccn3C)c2)cc1. The van der Waals surface area contributed by atoms with Crippen LogP contribution in [0.1, 0.15) is 5.56 Å². The van der Waals surface area contributed by atoms with Gasteiger partial charge in [-0.2, -0.15) is 0 Å². The lowest BCUT2D eigenvalue weighted by Crippen LogP contribution is -2.19. The van der Waals surface area contributed by atoms with Crippen LogP contribution < -0.4 is 10.6 Å². The second-order valence-corrected chi connectivity index (χ2v) is 5.89. The molecule has 1 heterocycles. The van der Waals surface area contributed by atoms with E-state index in [-0.39, 0.29) is 6.03 Å². The fourth-order valence-corrected chi connectivity index (χ4v) is 2.65. The monoisotopic (exact) mass is 338 g/mol. The number of rotatable bonds is 4. The van der Waals surface area contributed by atoms with Crippen LogP contribution in [0, 0.1) is 0 Å². The molecule has 2 amide bonds. The molecule has 122 valence electrons. The largest absolute Gasteiger partial charge is 0.351 e. The van der Waals surface area contributed by atoms with Gasteiger partial charge in [0.25, 0.3) is 0 Å². The number of aryl methyl sites for hydroxylation is 1. The van der Waals surface area contributed by atoms with E-state index < -0.39 is 0 Å². The second kappa shape index (κ2) is 7.23. The quantitative estimate of drug-likeness (QED) is 0.543. The minimum absolute atomic E-state index is 0.268. The molecule has 5 nitrogen and oxygen atoms in total. The third-order valence-corrected chi connectivity index (χ3v) is 3.94. The summed E-state index contributed by atoms with van der Waals surface area (Å²) in [5.41, 5.74) is 3.61. The van der Waals surface area contributed by atoms with Crippen molar-refractivity contribution in [3.63, 3.8) is 0 Å². The number of fused-ring (bicyclic) bond motifs is 1. The molecule has 2 aromatic carbocycles. The number of benzene rings is 2. The van der Waals surface area contributed by atoms with Gasteiger partial charge < -0.3 is 15.2 Å². The van der Waals surface area contributed by atoms with Crippen LogP contribution in [0.3, 0.4) is 0 Å². The highest BCUT2D eigenvalue weighted by atomic mass is 32.2. The smallest absolute Gasteiger partial charge is 0.323 e. The van der Waals surface area contributed by atoms with E-state index in [9.17, 15) is 4.79 Å². The van der Waals surface area contributed by atoms with Crippen molar-refractivity contribution in [2.24, 2.45) is 11.4 Å². The highest BCUT2D eigenvalue weighted by Gasteiger charge is 2.05. The normalized spacial score (nSPS) is 11.1. The summed E-state index contributed by atoms with van der Waals surface area (Å²) in [5, 5.41) is 6.76. The van der Waals surface area contributed by atoms with Crippen molar-refractivity contribution >= 4 is 46.5 Å². The fraction of sp³-hybridized carbons (Fsp3) is 0.111. The van der Waals surface area contributed by atoms with E-state index in [0.29, 0.717) is 0 Å². The molecular formula is C18H18N4OS. The van der Waals surface area contributed by atoms with Crippen LogP contribution in [0.25, 0.3) is 10.9 Å². The van der Waals surface area contributed by atoms with Gasteiger partial charge in [-0.05, 0) is 53.9 Å². The molecule has 0 atom stereocenters. The molecule has 6 heteroatoms. The third kappa shape index (κ3) is 3.78. The fourth-order valence-electron chi connectivity index (χ4n) is 2.42. The van der Waals surface area contributed by atoms with Crippen molar-refractivity contribution in [2.45, 2.75) is 0 Å².